The zero-order valence-electron chi connectivity index (χ0n) is 11.5. The SMILES string of the molecule is CNC(=O)Oc1ccc(C(C)N(C)C)cc1OC. The minimum Gasteiger partial charge on any atom is -0.493 e. The Bertz CT molecular complexity index is 419. The van der Waals surface area contributed by atoms with E-state index < -0.39 is 6.09 Å². The lowest BCUT2D eigenvalue weighted by Crippen LogP contribution is -2.22. The Balaban J connectivity index is 3.00. The Hall–Kier alpha value is -1.75. The van der Waals surface area contributed by atoms with Crippen molar-refractivity contribution in [2.75, 3.05) is 28.3 Å². The Morgan fingerprint density at radius 3 is 2.50 bits per heavy atom. The monoisotopic (exact) mass is 252 g/mol. The maximum Gasteiger partial charge on any atom is 0.412 e. The molecular formula is C13H20N2O3. The van der Waals surface area contributed by atoms with Crippen LogP contribution in [0.3, 0.4) is 0 Å². The second-order valence-corrected chi connectivity index (χ2v) is 4.19. The molecule has 0 aliphatic rings. The van der Waals surface area contributed by atoms with Crippen molar-refractivity contribution in [1.82, 2.24) is 10.2 Å². The molecule has 0 radical (unpaired) electrons. The number of ether oxygens (including phenoxy) is 2. The van der Waals surface area contributed by atoms with E-state index in [4.69, 9.17) is 9.47 Å². The normalized spacial score (nSPS) is 12.1. The molecule has 0 aromatic heterocycles. The third-order valence-electron chi connectivity index (χ3n) is 2.85. The summed E-state index contributed by atoms with van der Waals surface area (Å²) in [5.41, 5.74) is 1.10. The molecule has 1 rings (SSSR count). The van der Waals surface area contributed by atoms with Crippen LogP contribution in [0.15, 0.2) is 18.2 Å². The molecule has 0 aliphatic carbocycles. The van der Waals surface area contributed by atoms with Gasteiger partial charge >= 0.3 is 6.09 Å². The highest BCUT2D eigenvalue weighted by Gasteiger charge is 2.13. The molecule has 0 spiro atoms. The van der Waals surface area contributed by atoms with Crippen molar-refractivity contribution >= 4 is 6.09 Å². The molecular weight excluding hydrogens is 232 g/mol. The molecule has 100 valence electrons. The Kier molecular flexibility index (Phi) is 4.97. The van der Waals surface area contributed by atoms with E-state index in [1.165, 1.54) is 7.05 Å². The van der Waals surface area contributed by atoms with Crippen molar-refractivity contribution < 1.29 is 14.3 Å². The van der Waals surface area contributed by atoms with Gasteiger partial charge in [0.15, 0.2) is 11.5 Å². The summed E-state index contributed by atoms with van der Waals surface area (Å²) in [5.74, 6) is 0.955. The third-order valence-corrected chi connectivity index (χ3v) is 2.85. The number of rotatable bonds is 4. The quantitative estimate of drug-likeness (QED) is 0.891. The summed E-state index contributed by atoms with van der Waals surface area (Å²) in [6.07, 6.45) is -0.512. The summed E-state index contributed by atoms with van der Waals surface area (Å²) >= 11 is 0. The molecule has 5 heteroatoms. The first-order chi connectivity index (χ1) is 8.49. The van der Waals surface area contributed by atoms with Gasteiger partial charge in [0.2, 0.25) is 0 Å². The van der Waals surface area contributed by atoms with Crippen LogP contribution >= 0.6 is 0 Å². The molecule has 0 fully saturated rings. The van der Waals surface area contributed by atoms with Crippen LogP contribution in [0.4, 0.5) is 4.79 Å². The topological polar surface area (TPSA) is 50.8 Å². The zero-order chi connectivity index (χ0) is 13.7. The second kappa shape index (κ2) is 6.26. The van der Waals surface area contributed by atoms with Gasteiger partial charge in [0.25, 0.3) is 0 Å². The molecule has 1 N–H and O–H groups in total. The van der Waals surface area contributed by atoms with E-state index in [0.717, 1.165) is 5.56 Å². The van der Waals surface area contributed by atoms with E-state index in [2.05, 4.69) is 17.1 Å². The molecule has 1 amide bonds. The number of nitrogens with one attached hydrogen (secondary N) is 1. The highest BCUT2D eigenvalue weighted by atomic mass is 16.6. The van der Waals surface area contributed by atoms with Gasteiger partial charge in [-0.05, 0) is 38.7 Å². The van der Waals surface area contributed by atoms with Crippen LogP contribution in [0.2, 0.25) is 0 Å². The summed E-state index contributed by atoms with van der Waals surface area (Å²) in [4.78, 5) is 13.3. The van der Waals surface area contributed by atoms with Gasteiger partial charge in [-0.2, -0.15) is 0 Å². The predicted octanol–water partition coefficient (Wildman–Crippen LogP) is 2.04. The minimum atomic E-state index is -0.512. The van der Waals surface area contributed by atoms with E-state index in [1.807, 2.05) is 26.2 Å². The Morgan fingerprint density at radius 1 is 1.33 bits per heavy atom. The van der Waals surface area contributed by atoms with E-state index in [-0.39, 0.29) is 6.04 Å². The summed E-state index contributed by atoms with van der Waals surface area (Å²) in [6, 6.07) is 5.80. The molecule has 0 heterocycles. The fraction of sp³-hybridized carbons (Fsp3) is 0.462. The third kappa shape index (κ3) is 3.37. The fourth-order valence-electron chi connectivity index (χ4n) is 1.48. The van der Waals surface area contributed by atoms with E-state index in [9.17, 15) is 4.79 Å². The highest BCUT2D eigenvalue weighted by Crippen LogP contribution is 2.31. The van der Waals surface area contributed by atoms with Crippen molar-refractivity contribution in [3.05, 3.63) is 23.8 Å². The van der Waals surface area contributed by atoms with Gasteiger partial charge in [0.1, 0.15) is 0 Å². The van der Waals surface area contributed by atoms with Crippen LogP contribution < -0.4 is 14.8 Å². The molecule has 0 aliphatic heterocycles. The van der Waals surface area contributed by atoms with Gasteiger partial charge in [-0.25, -0.2) is 4.79 Å². The lowest BCUT2D eigenvalue weighted by Gasteiger charge is -2.21. The van der Waals surface area contributed by atoms with Gasteiger partial charge in [-0.15, -0.1) is 0 Å². The second-order valence-electron chi connectivity index (χ2n) is 4.19. The van der Waals surface area contributed by atoms with Crippen LogP contribution in [0.1, 0.15) is 18.5 Å². The average Bonchev–Trinajstić information content (AvgIpc) is 2.37. The Labute approximate surface area is 108 Å². The first-order valence-electron chi connectivity index (χ1n) is 5.73. The van der Waals surface area contributed by atoms with Crippen molar-refractivity contribution in [3.63, 3.8) is 0 Å². The number of nitrogens with zero attached hydrogens (tertiary/aromatic N) is 1. The first-order valence-corrected chi connectivity index (χ1v) is 5.73. The van der Waals surface area contributed by atoms with Crippen molar-refractivity contribution in [1.29, 1.82) is 0 Å². The van der Waals surface area contributed by atoms with Gasteiger partial charge in [0, 0.05) is 13.1 Å². The smallest absolute Gasteiger partial charge is 0.412 e. The van der Waals surface area contributed by atoms with Crippen LogP contribution in [0, 0.1) is 0 Å². The van der Waals surface area contributed by atoms with Crippen LogP contribution in [-0.2, 0) is 0 Å². The predicted molar refractivity (Wildman–Crippen MR) is 70.2 cm³/mol. The maximum absolute atomic E-state index is 11.2. The largest absolute Gasteiger partial charge is 0.493 e. The molecule has 1 aromatic rings. The molecule has 1 unspecified atom stereocenters. The summed E-state index contributed by atoms with van der Waals surface area (Å²) in [6.45, 7) is 2.09. The average molecular weight is 252 g/mol. The van der Waals surface area contributed by atoms with Gasteiger partial charge in [-0.3, -0.25) is 0 Å². The van der Waals surface area contributed by atoms with E-state index in [0.29, 0.717) is 11.5 Å². The highest BCUT2D eigenvalue weighted by molar-refractivity contribution is 5.71. The van der Waals surface area contributed by atoms with Crippen molar-refractivity contribution in [3.8, 4) is 11.5 Å². The number of hydrogen-bond donors (Lipinski definition) is 1. The van der Waals surface area contributed by atoms with Crippen LogP contribution in [0.5, 0.6) is 11.5 Å². The number of benzene rings is 1. The van der Waals surface area contributed by atoms with Gasteiger partial charge < -0.3 is 19.7 Å². The van der Waals surface area contributed by atoms with E-state index >= 15 is 0 Å². The molecule has 1 aromatic carbocycles. The lowest BCUT2D eigenvalue weighted by molar-refractivity contribution is 0.200. The summed E-state index contributed by atoms with van der Waals surface area (Å²) in [5, 5.41) is 2.40. The molecule has 0 saturated heterocycles. The van der Waals surface area contributed by atoms with Crippen LogP contribution in [-0.4, -0.2) is 39.2 Å². The fourth-order valence-corrected chi connectivity index (χ4v) is 1.48. The van der Waals surface area contributed by atoms with Crippen molar-refractivity contribution in [2.45, 2.75) is 13.0 Å². The minimum absolute atomic E-state index is 0.257. The summed E-state index contributed by atoms with van der Waals surface area (Å²) in [7, 11) is 7.08. The summed E-state index contributed by atoms with van der Waals surface area (Å²) < 4.78 is 10.3. The zero-order valence-corrected chi connectivity index (χ0v) is 11.5. The number of hydrogen-bond acceptors (Lipinski definition) is 4. The van der Waals surface area contributed by atoms with Crippen molar-refractivity contribution in [2.24, 2.45) is 0 Å². The number of carbonyl (C=O) groups is 1. The number of amides is 1. The molecule has 5 nitrogen and oxygen atoms in total. The van der Waals surface area contributed by atoms with Gasteiger partial charge in [0.05, 0.1) is 7.11 Å². The number of carbonyl (C=O) groups excluding carboxylic acids is 1. The standard InChI is InChI=1S/C13H20N2O3/c1-9(15(3)4)10-6-7-11(12(8-10)17-5)18-13(16)14-2/h6-9H,1-5H3,(H,14,16). The first kappa shape index (κ1) is 14.3. The maximum atomic E-state index is 11.2. The molecule has 0 saturated carbocycles. The van der Waals surface area contributed by atoms with E-state index in [1.54, 1.807) is 13.2 Å². The number of methoxy groups -OCH3 is 1. The molecule has 1 atom stereocenters. The van der Waals surface area contributed by atoms with Gasteiger partial charge in [-0.1, -0.05) is 6.07 Å². The molecule has 0 bridgehead atoms. The molecule has 18 heavy (non-hydrogen) atoms. The Morgan fingerprint density at radius 2 is 2.00 bits per heavy atom. The van der Waals surface area contributed by atoms with Crippen LogP contribution in [0.25, 0.3) is 0 Å². The lowest BCUT2D eigenvalue weighted by atomic mass is 10.1.